The number of carbonyl (C=O) groups excluding carboxylic acids is 2. The van der Waals surface area contributed by atoms with E-state index in [-0.39, 0.29) is 6.42 Å². The van der Waals surface area contributed by atoms with Gasteiger partial charge < -0.3 is 20.0 Å². The zero-order valence-electron chi connectivity index (χ0n) is 12.1. The van der Waals surface area contributed by atoms with Crippen molar-refractivity contribution in [3.8, 4) is 0 Å². The van der Waals surface area contributed by atoms with Crippen LogP contribution in [-0.4, -0.2) is 30.8 Å². The van der Waals surface area contributed by atoms with E-state index in [0.29, 0.717) is 14.3 Å². The molecule has 0 bridgehead atoms. The minimum Gasteiger partial charge on any atom is -0.617 e. The minimum atomic E-state index is -0.994. The van der Waals surface area contributed by atoms with Crippen molar-refractivity contribution in [2.75, 3.05) is 7.11 Å². The fourth-order valence-corrected chi connectivity index (χ4v) is 2.60. The zero-order chi connectivity index (χ0) is 16.2. The summed E-state index contributed by atoms with van der Waals surface area (Å²) in [7, 11) is 1.21. The van der Waals surface area contributed by atoms with Gasteiger partial charge >= 0.3 is 16.0 Å². The number of hydrogen-bond donors (Lipinski definition) is 1. The Morgan fingerprint density at radius 3 is 2.57 bits per heavy atom. The second-order valence-electron chi connectivity index (χ2n) is 5.20. The van der Waals surface area contributed by atoms with Crippen LogP contribution in [0, 0.1) is 5.21 Å². The first-order chi connectivity index (χ1) is 9.64. The molecule has 0 saturated carbocycles. The molecule has 118 valence electrons. The van der Waals surface area contributed by atoms with Crippen LogP contribution >= 0.6 is 27.3 Å². The highest BCUT2D eigenvalue weighted by atomic mass is 79.9. The van der Waals surface area contributed by atoms with Crippen LogP contribution < -0.4 is 10.0 Å². The van der Waals surface area contributed by atoms with Crippen molar-refractivity contribution >= 4 is 39.3 Å². The SMILES string of the molecule is COC(=O)C(Cc1csc(Br)[n+]1[O-])NC(=O)OC(C)(C)C. The summed E-state index contributed by atoms with van der Waals surface area (Å²) in [6.07, 6.45) is -0.734. The molecule has 0 aliphatic rings. The molecular weight excluding hydrogens is 364 g/mol. The average molecular weight is 381 g/mol. The van der Waals surface area contributed by atoms with Gasteiger partial charge in [-0.2, -0.15) is 4.73 Å². The Morgan fingerprint density at radius 1 is 1.52 bits per heavy atom. The number of ether oxygens (including phenoxy) is 2. The molecule has 1 aromatic rings. The molecule has 0 fully saturated rings. The lowest BCUT2D eigenvalue weighted by atomic mass is 10.1. The Labute approximate surface area is 135 Å². The first kappa shape index (κ1) is 17.7. The van der Waals surface area contributed by atoms with Crippen molar-refractivity contribution < 1.29 is 23.8 Å². The summed E-state index contributed by atoms with van der Waals surface area (Å²) < 4.78 is 10.7. The lowest BCUT2D eigenvalue weighted by molar-refractivity contribution is -0.619. The molecule has 0 radical (unpaired) electrons. The van der Waals surface area contributed by atoms with E-state index in [2.05, 4.69) is 26.0 Å². The highest BCUT2D eigenvalue weighted by Gasteiger charge is 2.28. The molecule has 1 N–H and O–H groups in total. The number of nitrogens with zero attached hydrogens (tertiary/aromatic N) is 1. The van der Waals surface area contributed by atoms with E-state index >= 15 is 0 Å². The molecule has 1 unspecified atom stereocenters. The molecule has 1 aromatic heterocycles. The lowest BCUT2D eigenvalue weighted by Crippen LogP contribution is -2.47. The number of thiazole rings is 1. The maximum atomic E-state index is 11.7. The molecule has 0 saturated heterocycles. The number of amides is 1. The van der Waals surface area contributed by atoms with Gasteiger partial charge in [-0.3, -0.25) is 0 Å². The quantitative estimate of drug-likeness (QED) is 0.488. The molecular formula is C12H17BrN2O5S. The average Bonchev–Trinajstić information content (AvgIpc) is 2.66. The van der Waals surface area contributed by atoms with Gasteiger partial charge in [0.05, 0.1) is 18.9 Å². The highest BCUT2D eigenvalue weighted by molar-refractivity contribution is 9.11. The van der Waals surface area contributed by atoms with Gasteiger partial charge in [0.25, 0.3) is 0 Å². The standard InChI is InChI=1S/C12H17BrN2O5S/c1-12(2,3)20-11(17)14-8(9(16)19-4)5-7-6-21-10(13)15(7)18/h6,8H,5H2,1-4H3,(H,14,17). The van der Waals surface area contributed by atoms with E-state index in [0.717, 1.165) is 0 Å². The molecule has 1 amide bonds. The van der Waals surface area contributed by atoms with Crippen molar-refractivity contribution in [2.45, 2.75) is 38.8 Å². The summed E-state index contributed by atoms with van der Waals surface area (Å²) in [5.74, 6) is -0.650. The van der Waals surface area contributed by atoms with Crippen LogP contribution in [0.3, 0.4) is 0 Å². The van der Waals surface area contributed by atoms with Crippen molar-refractivity contribution in [3.05, 3.63) is 20.2 Å². The number of methoxy groups -OCH3 is 1. The third-order valence-corrected chi connectivity index (χ3v) is 3.94. The summed E-state index contributed by atoms with van der Waals surface area (Å²) in [5.41, 5.74) is -0.340. The van der Waals surface area contributed by atoms with Gasteiger partial charge in [-0.1, -0.05) is 11.3 Å². The topological polar surface area (TPSA) is 91.6 Å². The Balaban J connectivity index is 2.80. The molecule has 1 rings (SSSR count). The van der Waals surface area contributed by atoms with Gasteiger partial charge in [0, 0.05) is 15.9 Å². The summed E-state index contributed by atoms with van der Waals surface area (Å²) in [6.45, 7) is 5.13. The fraction of sp³-hybridized carbons (Fsp3) is 0.583. The smallest absolute Gasteiger partial charge is 0.408 e. The Kier molecular flexibility index (Phi) is 5.97. The summed E-state index contributed by atoms with van der Waals surface area (Å²) in [4.78, 5) is 23.5. The van der Waals surface area contributed by atoms with E-state index < -0.39 is 23.7 Å². The van der Waals surface area contributed by atoms with Gasteiger partial charge in [-0.05, 0) is 20.8 Å². The van der Waals surface area contributed by atoms with Crippen molar-refractivity contribution in [3.63, 3.8) is 0 Å². The number of aromatic nitrogens is 1. The second kappa shape index (κ2) is 7.08. The Bertz CT molecular complexity index is 526. The minimum absolute atomic E-state index is 0.0114. The van der Waals surface area contributed by atoms with E-state index in [1.54, 1.807) is 26.2 Å². The monoisotopic (exact) mass is 380 g/mol. The fourth-order valence-electron chi connectivity index (χ4n) is 1.45. The van der Waals surface area contributed by atoms with E-state index in [1.807, 2.05) is 0 Å². The predicted octanol–water partition coefficient (Wildman–Crippen LogP) is 1.75. The van der Waals surface area contributed by atoms with Crippen LogP contribution in [0.15, 0.2) is 9.30 Å². The van der Waals surface area contributed by atoms with Gasteiger partial charge in [0.2, 0.25) is 5.69 Å². The Morgan fingerprint density at radius 2 is 2.14 bits per heavy atom. The van der Waals surface area contributed by atoms with Gasteiger partial charge in [-0.25, -0.2) is 9.59 Å². The summed E-state index contributed by atoms with van der Waals surface area (Å²) in [5, 5.41) is 15.7. The highest BCUT2D eigenvalue weighted by Crippen LogP contribution is 2.15. The number of nitrogens with one attached hydrogen (secondary N) is 1. The molecule has 0 spiro atoms. The molecule has 0 aliphatic carbocycles. The van der Waals surface area contributed by atoms with E-state index in [4.69, 9.17) is 4.74 Å². The molecule has 1 atom stereocenters. The number of hydrogen-bond acceptors (Lipinski definition) is 6. The van der Waals surface area contributed by atoms with Crippen LogP contribution in [0.2, 0.25) is 0 Å². The molecule has 9 heteroatoms. The number of halogens is 1. The molecule has 0 aliphatic heterocycles. The first-order valence-electron chi connectivity index (χ1n) is 6.07. The molecule has 21 heavy (non-hydrogen) atoms. The zero-order valence-corrected chi connectivity index (χ0v) is 14.5. The number of carbonyl (C=O) groups is 2. The van der Waals surface area contributed by atoms with Crippen LogP contribution in [0.4, 0.5) is 4.79 Å². The van der Waals surface area contributed by atoms with Gasteiger partial charge in [-0.15, -0.1) is 0 Å². The third-order valence-electron chi connectivity index (χ3n) is 2.30. The van der Waals surface area contributed by atoms with E-state index in [9.17, 15) is 14.8 Å². The first-order valence-corrected chi connectivity index (χ1v) is 7.74. The summed E-state index contributed by atoms with van der Waals surface area (Å²) >= 11 is 4.28. The molecule has 1 heterocycles. The third kappa shape index (κ3) is 5.50. The largest absolute Gasteiger partial charge is 0.617 e. The maximum absolute atomic E-state index is 11.7. The molecule has 7 nitrogen and oxygen atoms in total. The number of alkyl carbamates (subject to hydrolysis) is 1. The number of rotatable bonds is 4. The van der Waals surface area contributed by atoms with E-state index in [1.165, 1.54) is 18.4 Å². The number of esters is 1. The summed E-state index contributed by atoms with van der Waals surface area (Å²) in [6, 6.07) is -0.994. The normalized spacial score (nSPS) is 12.6. The second-order valence-corrected chi connectivity index (χ2v) is 7.33. The van der Waals surface area contributed by atoms with Gasteiger partial charge in [0.15, 0.2) is 0 Å². The van der Waals surface area contributed by atoms with Crippen LogP contribution in [-0.2, 0) is 20.7 Å². The lowest BCUT2D eigenvalue weighted by Gasteiger charge is -2.22. The van der Waals surface area contributed by atoms with Crippen LogP contribution in [0.25, 0.3) is 0 Å². The van der Waals surface area contributed by atoms with Crippen LogP contribution in [0.1, 0.15) is 26.5 Å². The Hall–Kier alpha value is -1.35. The predicted molar refractivity (Wildman–Crippen MR) is 79.9 cm³/mol. The van der Waals surface area contributed by atoms with Crippen molar-refractivity contribution in [1.82, 2.24) is 5.32 Å². The van der Waals surface area contributed by atoms with Crippen molar-refractivity contribution in [1.29, 1.82) is 0 Å². The van der Waals surface area contributed by atoms with Crippen LogP contribution in [0.5, 0.6) is 0 Å². The maximum Gasteiger partial charge on any atom is 0.408 e. The van der Waals surface area contributed by atoms with Gasteiger partial charge in [0.1, 0.15) is 11.6 Å². The van der Waals surface area contributed by atoms with Crippen molar-refractivity contribution in [2.24, 2.45) is 0 Å². The molecule has 0 aromatic carbocycles.